The van der Waals surface area contributed by atoms with Gasteiger partial charge in [0.25, 0.3) is 0 Å². The standard InChI is InChI=1S/C23H26N2O2/c1-23(19-6-3-2-4-7-19)14-13-21(26)24(17-23)16-18-9-11-20(12-10-18)25-15-5-8-22(25)27/h2-4,6-7,9-12H,5,8,13-17H2,1H3. The van der Waals surface area contributed by atoms with Crippen LogP contribution in [0.5, 0.6) is 0 Å². The monoisotopic (exact) mass is 362 g/mol. The summed E-state index contributed by atoms with van der Waals surface area (Å²) in [7, 11) is 0. The van der Waals surface area contributed by atoms with Crippen LogP contribution in [-0.4, -0.2) is 29.8 Å². The first-order valence-electron chi connectivity index (χ1n) is 9.78. The van der Waals surface area contributed by atoms with Gasteiger partial charge in [0.15, 0.2) is 0 Å². The van der Waals surface area contributed by atoms with E-state index in [-0.39, 0.29) is 17.2 Å². The van der Waals surface area contributed by atoms with Crippen molar-refractivity contribution >= 4 is 17.5 Å². The maximum absolute atomic E-state index is 12.5. The number of rotatable bonds is 4. The second kappa shape index (κ2) is 7.18. The first-order chi connectivity index (χ1) is 13.0. The Balaban J connectivity index is 1.48. The number of carbonyl (C=O) groups is 2. The molecule has 4 heteroatoms. The fourth-order valence-corrected chi connectivity index (χ4v) is 4.27. The summed E-state index contributed by atoms with van der Waals surface area (Å²) in [4.78, 5) is 28.2. The smallest absolute Gasteiger partial charge is 0.227 e. The highest BCUT2D eigenvalue weighted by molar-refractivity contribution is 5.95. The van der Waals surface area contributed by atoms with E-state index in [1.165, 1.54) is 5.56 Å². The number of hydrogen-bond acceptors (Lipinski definition) is 2. The molecule has 4 rings (SSSR count). The fourth-order valence-electron chi connectivity index (χ4n) is 4.27. The van der Waals surface area contributed by atoms with Crippen molar-refractivity contribution in [2.75, 3.05) is 18.0 Å². The molecule has 0 aliphatic carbocycles. The number of anilines is 1. The maximum atomic E-state index is 12.5. The molecule has 27 heavy (non-hydrogen) atoms. The summed E-state index contributed by atoms with van der Waals surface area (Å²) >= 11 is 0. The van der Waals surface area contributed by atoms with Crippen molar-refractivity contribution < 1.29 is 9.59 Å². The van der Waals surface area contributed by atoms with Gasteiger partial charge in [0.1, 0.15) is 0 Å². The highest BCUT2D eigenvalue weighted by atomic mass is 16.2. The van der Waals surface area contributed by atoms with Crippen LogP contribution in [-0.2, 0) is 21.5 Å². The Morgan fingerprint density at radius 1 is 0.926 bits per heavy atom. The Bertz CT molecular complexity index is 831. The predicted octanol–water partition coefficient (Wildman–Crippen LogP) is 3.89. The van der Waals surface area contributed by atoms with Gasteiger partial charge in [-0.3, -0.25) is 9.59 Å². The third-order valence-electron chi connectivity index (χ3n) is 5.95. The zero-order chi connectivity index (χ0) is 18.9. The van der Waals surface area contributed by atoms with Crippen LogP contribution in [0.3, 0.4) is 0 Å². The van der Waals surface area contributed by atoms with Crippen LogP contribution in [0.2, 0.25) is 0 Å². The van der Waals surface area contributed by atoms with Crippen LogP contribution in [0.15, 0.2) is 54.6 Å². The normalized spacial score (nSPS) is 23.1. The summed E-state index contributed by atoms with van der Waals surface area (Å²) in [6, 6.07) is 18.6. The van der Waals surface area contributed by atoms with E-state index in [0.717, 1.165) is 37.2 Å². The molecule has 2 aromatic rings. The van der Waals surface area contributed by atoms with Crippen LogP contribution >= 0.6 is 0 Å². The molecule has 2 aliphatic rings. The predicted molar refractivity (Wildman–Crippen MR) is 106 cm³/mol. The molecule has 0 spiro atoms. The lowest BCUT2D eigenvalue weighted by molar-refractivity contribution is -0.136. The number of likely N-dealkylation sites (tertiary alicyclic amines) is 1. The van der Waals surface area contributed by atoms with Crippen LogP contribution in [0.25, 0.3) is 0 Å². The molecule has 140 valence electrons. The van der Waals surface area contributed by atoms with E-state index in [9.17, 15) is 9.59 Å². The van der Waals surface area contributed by atoms with E-state index in [2.05, 4.69) is 31.2 Å². The van der Waals surface area contributed by atoms with Gasteiger partial charge < -0.3 is 9.80 Å². The largest absolute Gasteiger partial charge is 0.337 e. The Morgan fingerprint density at radius 2 is 1.67 bits per heavy atom. The third-order valence-corrected chi connectivity index (χ3v) is 5.95. The molecule has 4 nitrogen and oxygen atoms in total. The molecule has 0 saturated carbocycles. The highest BCUT2D eigenvalue weighted by Crippen LogP contribution is 2.34. The second-order valence-electron chi connectivity index (χ2n) is 7.99. The van der Waals surface area contributed by atoms with E-state index < -0.39 is 0 Å². The molecule has 0 radical (unpaired) electrons. The minimum absolute atomic E-state index is 0.00290. The molecule has 0 bridgehead atoms. The van der Waals surface area contributed by atoms with Crippen molar-refractivity contribution in [1.82, 2.24) is 4.90 Å². The molecular weight excluding hydrogens is 336 g/mol. The number of piperidine rings is 1. The zero-order valence-corrected chi connectivity index (χ0v) is 15.9. The maximum Gasteiger partial charge on any atom is 0.227 e. The summed E-state index contributed by atoms with van der Waals surface area (Å²) in [5.74, 6) is 0.426. The summed E-state index contributed by atoms with van der Waals surface area (Å²) in [5.41, 5.74) is 3.36. The van der Waals surface area contributed by atoms with E-state index >= 15 is 0 Å². The van der Waals surface area contributed by atoms with E-state index in [4.69, 9.17) is 0 Å². The average molecular weight is 362 g/mol. The number of carbonyl (C=O) groups excluding carboxylic acids is 2. The first-order valence-corrected chi connectivity index (χ1v) is 9.78. The number of nitrogens with zero attached hydrogens (tertiary/aromatic N) is 2. The van der Waals surface area contributed by atoms with Crippen molar-refractivity contribution in [2.24, 2.45) is 0 Å². The van der Waals surface area contributed by atoms with Gasteiger partial charge in [-0.15, -0.1) is 0 Å². The molecule has 2 amide bonds. The minimum atomic E-state index is -0.00290. The Hall–Kier alpha value is -2.62. The van der Waals surface area contributed by atoms with Gasteiger partial charge in [0.05, 0.1) is 0 Å². The summed E-state index contributed by atoms with van der Waals surface area (Å²) in [6.07, 6.45) is 3.05. The molecule has 0 aromatic heterocycles. The van der Waals surface area contributed by atoms with Crippen LogP contribution in [0.4, 0.5) is 5.69 Å². The quantitative estimate of drug-likeness (QED) is 0.828. The lowest BCUT2D eigenvalue weighted by Gasteiger charge is -2.40. The van der Waals surface area contributed by atoms with Crippen molar-refractivity contribution in [2.45, 2.75) is 44.6 Å². The lowest BCUT2D eigenvalue weighted by atomic mass is 9.75. The third kappa shape index (κ3) is 3.61. The van der Waals surface area contributed by atoms with E-state index in [1.807, 2.05) is 40.1 Å². The Labute approximate surface area is 160 Å². The molecule has 1 unspecified atom stereocenters. The molecule has 0 N–H and O–H groups in total. The fraction of sp³-hybridized carbons (Fsp3) is 0.391. The number of benzene rings is 2. The molecule has 2 heterocycles. The number of hydrogen-bond donors (Lipinski definition) is 0. The van der Waals surface area contributed by atoms with Crippen LogP contribution in [0.1, 0.15) is 43.7 Å². The lowest BCUT2D eigenvalue weighted by Crippen LogP contribution is -2.47. The van der Waals surface area contributed by atoms with Gasteiger partial charge in [-0.2, -0.15) is 0 Å². The summed E-state index contributed by atoms with van der Waals surface area (Å²) in [6.45, 7) is 4.42. The SMILES string of the molecule is CC1(c2ccccc2)CCC(=O)N(Cc2ccc(N3CCCC3=O)cc2)C1. The molecule has 2 saturated heterocycles. The number of amides is 2. The molecule has 2 fully saturated rings. The van der Waals surface area contributed by atoms with Crippen molar-refractivity contribution in [3.63, 3.8) is 0 Å². The van der Waals surface area contributed by atoms with Crippen LogP contribution < -0.4 is 4.90 Å². The van der Waals surface area contributed by atoms with Gasteiger partial charge in [0, 0.05) is 43.6 Å². The van der Waals surface area contributed by atoms with Gasteiger partial charge in [-0.1, -0.05) is 49.4 Å². The van der Waals surface area contributed by atoms with Gasteiger partial charge in [-0.25, -0.2) is 0 Å². The molecule has 2 aromatic carbocycles. The van der Waals surface area contributed by atoms with Crippen molar-refractivity contribution in [3.8, 4) is 0 Å². The molecule has 2 aliphatic heterocycles. The zero-order valence-electron chi connectivity index (χ0n) is 15.9. The van der Waals surface area contributed by atoms with Crippen molar-refractivity contribution in [3.05, 3.63) is 65.7 Å². The van der Waals surface area contributed by atoms with Crippen LogP contribution in [0, 0.1) is 0 Å². The Kier molecular flexibility index (Phi) is 4.73. The molecular formula is C23H26N2O2. The van der Waals surface area contributed by atoms with E-state index in [1.54, 1.807) is 0 Å². The first kappa shape index (κ1) is 17.8. The van der Waals surface area contributed by atoms with Gasteiger partial charge >= 0.3 is 0 Å². The Morgan fingerprint density at radius 3 is 2.33 bits per heavy atom. The van der Waals surface area contributed by atoms with E-state index in [0.29, 0.717) is 19.4 Å². The average Bonchev–Trinajstić information content (AvgIpc) is 3.12. The second-order valence-corrected chi connectivity index (χ2v) is 7.99. The topological polar surface area (TPSA) is 40.6 Å². The highest BCUT2D eigenvalue weighted by Gasteiger charge is 2.36. The minimum Gasteiger partial charge on any atom is -0.337 e. The molecule has 1 atom stereocenters. The van der Waals surface area contributed by atoms with Gasteiger partial charge in [-0.05, 0) is 36.1 Å². The van der Waals surface area contributed by atoms with Gasteiger partial charge in [0.2, 0.25) is 11.8 Å². The van der Waals surface area contributed by atoms with Crippen molar-refractivity contribution in [1.29, 1.82) is 0 Å². The summed E-state index contributed by atoms with van der Waals surface area (Å²) in [5, 5.41) is 0. The summed E-state index contributed by atoms with van der Waals surface area (Å²) < 4.78 is 0.